The molecule has 1 aromatic heterocycles. The number of fused-ring (bicyclic) bond motifs is 3. The van der Waals surface area contributed by atoms with Gasteiger partial charge in [0, 0.05) is 16.5 Å². The van der Waals surface area contributed by atoms with Gasteiger partial charge in [-0.25, -0.2) is 0 Å². The van der Waals surface area contributed by atoms with Crippen LogP contribution >= 0.6 is 0 Å². The Hall–Kier alpha value is -2.49. The van der Waals surface area contributed by atoms with Crippen LogP contribution in [0.25, 0.3) is 21.8 Å². The van der Waals surface area contributed by atoms with Crippen molar-refractivity contribution in [1.29, 1.82) is 0 Å². The molecule has 4 nitrogen and oxygen atoms in total. The molecular formula is C15H14N2O2. The lowest BCUT2D eigenvalue weighted by Crippen LogP contribution is -2.11. The molecule has 0 saturated heterocycles. The molecule has 0 aliphatic rings. The molecule has 0 spiro atoms. The number of carbonyl (C=O) groups excluding carboxylic acids is 1. The number of benzene rings is 2. The lowest BCUT2D eigenvalue weighted by Gasteiger charge is -2.05. The summed E-state index contributed by atoms with van der Waals surface area (Å²) in [6.07, 6.45) is 0. The summed E-state index contributed by atoms with van der Waals surface area (Å²) in [6, 6.07) is 9.38. The predicted octanol–water partition coefficient (Wildman–Crippen LogP) is 2.74. The van der Waals surface area contributed by atoms with Gasteiger partial charge in [0.25, 0.3) is 0 Å². The van der Waals surface area contributed by atoms with Crippen LogP contribution in [-0.2, 0) is 0 Å². The second kappa shape index (κ2) is 4.02. The van der Waals surface area contributed by atoms with Gasteiger partial charge in [0.15, 0.2) is 0 Å². The van der Waals surface area contributed by atoms with E-state index in [9.17, 15) is 4.79 Å². The van der Waals surface area contributed by atoms with Crippen LogP contribution in [0, 0.1) is 6.92 Å². The lowest BCUT2D eigenvalue weighted by atomic mass is 10.0. The van der Waals surface area contributed by atoms with Crippen LogP contribution < -0.4 is 10.5 Å². The van der Waals surface area contributed by atoms with Crippen molar-refractivity contribution in [3.8, 4) is 5.75 Å². The zero-order chi connectivity index (χ0) is 13.6. The number of nitrogens with one attached hydrogen (secondary N) is 1. The van der Waals surface area contributed by atoms with E-state index in [1.54, 1.807) is 13.2 Å². The molecule has 3 aromatic rings. The Bertz CT molecular complexity index is 803. The van der Waals surface area contributed by atoms with E-state index in [2.05, 4.69) is 4.98 Å². The highest BCUT2D eigenvalue weighted by atomic mass is 16.5. The molecule has 1 amide bonds. The van der Waals surface area contributed by atoms with Crippen LogP contribution in [0.3, 0.4) is 0 Å². The molecule has 3 N–H and O–H groups in total. The Kier molecular flexibility index (Phi) is 2.45. The number of aromatic amines is 1. The van der Waals surface area contributed by atoms with Crippen LogP contribution in [0.15, 0.2) is 30.3 Å². The molecule has 0 aliphatic carbocycles. The van der Waals surface area contributed by atoms with Crippen molar-refractivity contribution in [1.82, 2.24) is 4.98 Å². The number of H-pyrrole nitrogens is 1. The molecule has 0 radical (unpaired) electrons. The summed E-state index contributed by atoms with van der Waals surface area (Å²) >= 11 is 0. The number of aromatic nitrogens is 1. The number of carbonyl (C=O) groups is 1. The normalized spacial score (nSPS) is 11.1. The van der Waals surface area contributed by atoms with Gasteiger partial charge in [-0.1, -0.05) is 12.1 Å². The first kappa shape index (κ1) is 11.6. The molecule has 2 aromatic carbocycles. The van der Waals surface area contributed by atoms with Crippen LogP contribution in [0.1, 0.15) is 15.9 Å². The monoisotopic (exact) mass is 254 g/mol. The molecule has 1 heterocycles. The second-order valence-corrected chi connectivity index (χ2v) is 4.55. The summed E-state index contributed by atoms with van der Waals surface area (Å²) in [5, 5.41) is 1.73. The third-order valence-corrected chi connectivity index (χ3v) is 3.43. The number of amides is 1. The topological polar surface area (TPSA) is 68.1 Å². The standard InChI is InChI=1S/C15H14N2O2/c1-8-6-7-11(19-2)13-12-9(15(16)18)4-3-5-10(12)17-14(8)13/h3-7,17H,1-2H3,(H2,16,18). The van der Waals surface area contributed by atoms with Crippen LogP contribution in [0.4, 0.5) is 0 Å². The van der Waals surface area contributed by atoms with E-state index in [0.717, 1.165) is 33.1 Å². The van der Waals surface area contributed by atoms with Crippen molar-refractivity contribution in [2.24, 2.45) is 5.73 Å². The Labute approximate surface area is 110 Å². The molecule has 0 atom stereocenters. The van der Waals surface area contributed by atoms with E-state index in [-0.39, 0.29) is 0 Å². The minimum absolute atomic E-state index is 0.435. The smallest absolute Gasteiger partial charge is 0.249 e. The molecule has 19 heavy (non-hydrogen) atoms. The average Bonchev–Trinajstić information content (AvgIpc) is 2.79. The zero-order valence-corrected chi connectivity index (χ0v) is 10.8. The van der Waals surface area contributed by atoms with Gasteiger partial charge >= 0.3 is 0 Å². The van der Waals surface area contributed by atoms with E-state index in [4.69, 9.17) is 10.5 Å². The molecular weight excluding hydrogens is 240 g/mol. The zero-order valence-electron chi connectivity index (χ0n) is 10.8. The van der Waals surface area contributed by atoms with Crippen LogP contribution in [0.5, 0.6) is 5.75 Å². The van der Waals surface area contributed by atoms with Crippen LogP contribution in [-0.4, -0.2) is 18.0 Å². The molecule has 0 saturated carbocycles. The molecule has 4 heteroatoms. The minimum Gasteiger partial charge on any atom is -0.496 e. The van der Waals surface area contributed by atoms with Crippen molar-refractivity contribution in [2.75, 3.05) is 7.11 Å². The van der Waals surface area contributed by atoms with Crippen LogP contribution in [0.2, 0.25) is 0 Å². The van der Waals surface area contributed by atoms with E-state index in [1.165, 1.54) is 0 Å². The second-order valence-electron chi connectivity index (χ2n) is 4.55. The third kappa shape index (κ3) is 1.57. The van der Waals surface area contributed by atoms with E-state index < -0.39 is 5.91 Å². The minimum atomic E-state index is -0.435. The maximum absolute atomic E-state index is 11.6. The van der Waals surface area contributed by atoms with Gasteiger partial charge in [0.1, 0.15) is 5.75 Å². The quantitative estimate of drug-likeness (QED) is 0.738. The fourth-order valence-electron chi connectivity index (χ4n) is 2.53. The Morgan fingerprint density at radius 2 is 2.00 bits per heavy atom. The van der Waals surface area contributed by atoms with E-state index >= 15 is 0 Å². The van der Waals surface area contributed by atoms with E-state index in [1.807, 2.05) is 31.2 Å². The van der Waals surface area contributed by atoms with Crippen molar-refractivity contribution in [3.05, 3.63) is 41.5 Å². The van der Waals surface area contributed by atoms with Crippen molar-refractivity contribution in [2.45, 2.75) is 6.92 Å². The summed E-state index contributed by atoms with van der Waals surface area (Å²) in [5.41, 5.74) is 8.94. The Balaban J connectivity index is 2.60. The predicted molar refractivity (Wildman–Crippen MR) is 75.6 cm³/mol. The molecule has 0 aliphatic heterocycles. The number of nitrogens with two attached hydrogens (primary N) is 1. The largest absolute Gasteiger partial charge is 0.496 e. The van der Waals surface area contributed by atoms with Crippen molar-refractivity contribution in [3.63, 3.8) is 0 Å². The number of ether oxygens (including phenoxy) is 1. The highest BCUT2D eigenvalue weighted by Crippen LogP contribution is 2.36. The summed E-state index contributed by atoms with van der Waals surface area (Å²) in [5.74, 6) is 0.301. The third-order valence-electron chi connectivity index (χ3n) is 3.43. The summed E-state index contributed by atoms with van der Waals surface area (Å²) in [6.45, 7) is 2.01. The molecule has 0 fully saturated rings. The van der Waals surface area contributed by atoms with Gasteiger partial charge in [-0.05, 0) is 30.7 Å². The highest BCUT2D eigenvalue weighted by Gasteiger charge is 2.16. The molecule has 0 bridgehead atoms. The first-order chi connectivity index (χ1) is 9.13. The Morgan fingerprint density at radius 1 is 1.21 bits per heavy atom. The molecule has 3 rings (SSSR count). The summed E-state index contributed by atoms with van der Waals surface area (Å²) in [7, 11) is 1.62. The Morgan fingerprint density at radius 3 is 2.68 bits per heavy atom. The number of primary amides is 1. The molecule has 0 unspecified atom stereocenters. The summed E-state index contributed by atoms with van der Waals surface area (Å²) < 4.78 is 5.41. The molecule has 96 valence electrons. The van der Waals surface area contributed by atoms with Gasteiger partial charge in [0.05, 0.1) is 18.0 Å². The van der Waals surface area contributed by atoms with Gasteiger partial charge in [-0.15, -0.1) is 0 Å². The lowest BCUT2D eigenvalue weighted by molar-refractivity contribution is 0.100. The van der Waals surface area contributed by atoms with E-state index in [0.29, 0.717) is 5.56 Å². The van der Waals surface area contributed by atoms with Gasteiger partial charge < -0.3 is 15.5 Å². The fourth-order valence-corrected chi connectivity index (χ4v) is 2.53. The maximum Gasteiger partial charge on any atom is 0.249 e. The van der Waals surface area contributed by atoms with Crippen molar-refractivity contribution < 1.29 is 9.53 Å². The first-order valence-electron chi connectivity index (χ1n) is 6.01. The number of rotatable bonds is 2. The number of hydrogen-bond donors (Lipinski definition) is 2. The first-order valence-corrected chi connectivity index (χ1v) is 6.01. The number of methoxy groups -OCH3 is 1. The van der Waals surface area contributed by atoms with Gasteiger partial charge in [-0.3, -0.25) is 4.79 Å². The highest BCUT2D eigenvalue weighted by molar-refractivity contribution is 6.19. The number of hydrogen-bond acceptors (Lipinski definition) is 2. The maximum atomic E-state index is 11.6. The summed E-state index contributed by atoms with van der Waals surface area (Å²) in [4.78, 5) is 14.9. The fraction of sp³-hybridized carbons (Fsp3) is 0.133. The van der Waals surface area contributed by atoms with Crippen molar-refractivity contribution >= 4 is 27.7 Å². The van der Waals surface area contributed by atoms with Gasteiger partial charge in [0.2, 0.25) is 5.91 Å². The average molecular weight is 254 g/mol. The number of aryl methyl sites for hydroxylation is 1. The van der Waals surface area contributed by atoms with Gasteiger partial charge in [-0.2, -0.15) is 0 Å². The SMILES string of the molecule is COc1ccc(C)c2[nH]c3cccc(C(N)=O)c3c12.